The number of nitrogens with one attached hydrogen (secondary N) is 5. The third-order valence-electron chi connectivity index (χ3n) is 3.93. The normalized spacial score (nSPS) is 11.1. The van der Waals surface area contributed by atoms with Crippen LogP contribution in [0.15, 0.2) is 42.9 Å². The first-order chi connectivity index (χ1) is 14.5. The van der Waals surface area contributed by atoms with E-state index in [1.165, 1.54) is 13.4 Å². The highest BCUT2D eigenvalue weighted by molar-refractivity contribution is 5.90. The number of ether oxygens (including phenoxy) is 1. The number of aromatic amines is 1. The summed E-state index contributed by atoms with van der Waals surface area (Å²) in [7, 11) is 1.46. The van der Waals surface area contributed by atoms with Crippen molar-refractivity contribution in [3.63, 3.8) is 0 Å². The summed E-state index contributed by atoms with van der Waals surface area (Å²) in [4.78, 5) is 54.1. The van der Waals surface area contributed by atoms with Gasteiger partial charge in [0, 0.05) is 25.4 Å². The lowest BCUT2D eigenvalue weighted by Gasteiger charge is -2.16. The van der Waals surface area contributed by atoms with Gasteiger partial charge in [-0.3, -0.25) is 14.4 Å². The Hall–Kier alpha value is -3.89. The molecule has 0 saturated heterocycles. The Morgan fingerprint density at radius 2 is 1.80 bits per heavy atom. The molecule has 0 aliphatic rings. The number of benzene rings is 1. The van der Waals surface area contributed by atoms with Crippen molar-refractivity contribution < 1.29 is 23.9 Å². The lowest BCUT2D eigenvalue weighted by atomic mass is 10.1. The number of rotatable bonds is 10. The van der Waals surface area contributed by atoms with E-state index in [-0.39, 0.29) is 32.0 Å². The molecule has 0 aliphatic heterocycles. The summed E-state index contributed by atoms with van der Waals surface area (Å²) in [6, 6.07) is 8.26. The van der Waals surface area contributed by atoms with Gasteiger partial charge >= 0.3 is 6.09 Å². The van der Waals surface area contributed by atoms with E-state index in [1.807, 2.05) is 18.2 Å². The second-order valence-electron chi connectivity index (χ2n) is 6.21. The first kappa shape index (κ1) is 22.4. The number of H-pyrrole nitrogens is 1. The maximum atomic E-state index is 12.1. The molecule has 0 unspecified atom stereocenters. The monoisotopic (exact) mass is 416 g/mol. The fourth-order valence-corrected chi connectivity index (χ4v) is 2.41. The predicted molar refractivity (Wildman–Crippen MR) is 106 cm³/mol. The Morgan fingerprint density at radius 3 is 2.47 bits per heavy atom. The summed E-state index contributed by atoms with van der Waals surface area (Å²) in [6.07, 6.45) is 2.48. The molecule has 5 N–H and O–H groups in total. The molecule has 4 amide bonds. The van der Waals surface area contributed by atoms with Crippen LogP contribution in [0.5, 0.6) is 0 Å². The molecular weight excluding hydrogens is 392 g/mol. The van der Waals surface area contributed by atoms with Gasteiger partial charge in [0.1, 0.15) is 19.2 Å². The minimum atomic E-state index is -0.828. The highest BCUT2D eigenvalue weighted by atomic mass is 16.5. The van der Waals surface area contributed by atoms with Gasteiger partial charge in [-0.15, -0.1) is 0 Å². The van der Waals surface area contributed by atoms with Crippen molar-refractivity contribution in [2.75, 3.05) is 20.1 Å². The molecule has 1 aromatic heterocycles. The minimum Gasteiger partial charge on any atom is -0.445 e. The van der Waals surface area contributed by atoms with Gasteiger partial charge in [0.25, 0.3) is 0 Å². The maximum absolute atomic E-state index is 12.1. The lowest BCUT2D eigenvalue weighted by molar-refractivity contribution is -0.129. The van der Waals surface area contributed by atoms with Crippen molar-refractivity contribution in [2.45, 2.75) is 19.1 Å². The maximum Gasteiger partial charge on any atom is 0.407 e. The highest BCUT2D eigenvalue weighted by Crippen LogP contribution is 2.00. The smallest absolute Gasteiger partial charge is 0.407 e. The topological polar surface area (TPSA) is 154 Å². The molecule has 0 saturated carbocycles. The van der Waals surface area contributed by atoms with Crippen molar-refractivity contribution in [3.8, 4) is 0 Å². The SMILES string of the molecule is CNC(=O)[C@H](Cc1cnc[nH]1)NC(=O)CNC(=O)CNC(=O)OCc1ccccc1. The number of hydrogen-bond donors (Lipinski definition) is 5. The van der Waals surface area contributed by atoms with Crippen LogP contribution >= 0.6 is 0 Å². The van der Waals surface area contributed by atoms with E-state index in [9.17, 15) is 19.2 Å². The van der Waals surface area contributed by atoms with Gasteiger partial charge in [0.15, 0.2) is 0 Å². The van der Waals surface area contributed by atoms with Crippen LogP contribution in [0.2, 0.25) is 0 Å². The summed E-state index contributed by atoms with van der Waals surface area (Å²) in [5.41, 5.74) is 1.49. The van der Waals surface area contributed by atoms with E-state index in [1.54, 1.807) is 18.3 Å². The van der Waals surface area contributed by atoms with Crippen molar-refractivity contribution in [1.82, 2.24) is 31.2 Å². The van der Waals surface area contributed by atoms with Gasteiger partial charge in [-0.1, -0.05) is 30.3 Å². The third-order valence-corrected chi connectivity index (χ3v) is 3.93. The molecule has 0 radical (unpaired) electrons. The average molecular weight is 416 g/mol. The van der Waals surface area contributed by atoms with E-state index in [2.05, 4.69) is 31.2 Å². The van der Waals surface area contributed by atoms with Crippen LogP contribution < -0.4 is 21.3 Å². The van der Waals surface area contributed by atoms with Crippen LogP contribution in [-0.4, -0.2) is 60.0 Å². The van der Waals surface area contributed by atoms with Crippen molar-refractivity contribution in [3.05, 3.63) is 54.1 Å². The zero-order valence-corrected chi connectivity index (χ0v) is 16.4. The molecule has 11 nitrogen and oxygen atoms in total. The van der Waals surface area contributed by atoms with Gasteiger partial charge in [-0.25, -0.2) is 9.78 Å². The zero-order valence-electron chi connectivity index (χ0n) is 16.4. The fourth-order valence-electron chi connectivity index (χ4n) is 2.41. The van der Waals surface area contributed by atoms with Crippen molar-refractivity contribution in [2.24, 2.45) is 0 Å². The van der Waals surface area contributed by atoms with Gasteiger partial charge in [0.2, 0.25) is 17.7 Å². The van der Waals surface area contributed by atoms with E-state index in [4.69, 9.17) is 4.74 Å². The number of aromatic nitrogens is 2. The van der Waals surface area contributed by atoms with Crippen LogP contribution in [0.3, 0.4) is 0 Å². The molecule has 0 aliphatic carbocycles. The summed E-state index contributed by atoms with van der Waals surface area (Å²) in [5.74, 6) is -1.51. The third kappa shape index (κ3) is 8.00. The predicted octanol–water partition coefficient (Wildman–Crippen LogP) is -0.774. The quantitative estimate of drug-likeness (QED) is 0.342. The van der Waals surface area contributed by atoms with E-state index in [0.29, 0.717) is 5.69 Å². The number of imidazole rings is 1. The zero-order chi connectivity index (χ0) is 21.8. The first-order valence-electron chi connectivity index (χ1n) is 9.17. The molecule has 11 heteroatoms. The summed E-state index contributed by atoms with van der Waals surface area (Å²) in [5, 5.41) is 9.66. The lowest BCUT2D eigenvalue weighted by Crippen LogP contribution is -2.50. The Balaban J connectivity index is 1.67. The Morgan fingerprint density at radius 1 is 1.07 bits per heavy atom. The first-order valence-corrected chi connectivity index (χ1v) is 9.17. The number of likely N-dealkylation sites (N-methyl/N-ethyl adjacent to an activating group) is 1. The summed E-state index contributed by atoms with van der Waals surface area (Å²) < 4.78 is 4.98. The number of carbonyl (C=O) groups is 4. The van der Waals surface area contributed by atoms with E-state index in [0.717, 1.165) is 5.56 Å². The molecule has 0 spiro atoms. The molecule has 30 heavy (non-hydrogen) atoms. The Kier molecular flexibility index (Phi) is 8.84. The van der Waals surface area contributed by atoms with Crippen LogP contribution in [-0.2, 0) is 32.1 Å². The number of nitrogens with zero attached hydrogens (tertiary/aromatic N) is 1. The number of amides is 4. The second-order valence-corrected chi connectivity index (χ2v) is 6.21. The number of carbonyl (C=O) groups excluding carboxylic acids is 4. The Bertz CT molecular complexity index is 840. The van der Waals surface area contributed by atoms with Crippen LogP contribution in [0, 0.1) is 0 Å². The van der Waals surface area contributed by atoms with Crippen LogP contribution in [0.4, 0.5) is 4.79 Å². The fraction of sp³-hybridized carbons (Fsp3) is 0.316. The minimum absolute atomic E-state index is 0.0773. The largest absolute Gasteiger partial charge is 0.445 e. The van der Waals surface area contributed by atoms with Gasteiger partial charge in [-0.05, 0) is 5.56 Å². The standard InChI is InChI=1S/C19H24N6O5/c1-20-18(28)15(7-14-8-21-12-24-14)25-17(27)10-22-16(26)9-23-19(29)30-11-13-5-3-2-4-6-13/h2-6,8,12,15H,7,9-11H2,1H3,(H,20,28)(H,21,24)(H,22,26)(H,23,29)(H,25,27)/t15-/m0/s1. The highest BCUT2D eigenvalue weighted by Gasteiger charge is 2.21. The molecule has 2 aromatic rings. The molecule has 2 rings (SSSR count). The van der Waals surface area contributed by atoms with Crippen molar-refractivity contribution >= 4 is 23.8 Å². The van der Waals surface area contributed by atoms with Crippen molar-refractivity contribution in [1.29, 1.82) is 0 Å². The molecule has 160 valence electrons. The second kappa shape index (κ2) is 11.8. The van der Waals surface area contributed by atoms with Crippen LogP contribution in [0.25, 0.3) is 0 Å². The van der Waals surface area contributed by atoms with E-state index < -0.39 is 23.9 Å². The molecule has 0 bridgehead atoms. The van der Waals surface area contributed by atoms with Gasteiger partial charge in [0.05, 0.1) is 12.9 Å². The van der Waals surface area contributed by atoms with Gasteiger partial charge in [-0.2, -0.15) is 0 Å². The number of hydrogen-bond acceptors (Lipinski definition) is 6. The Labute approximate surface area is 173 Å². The molecule has 0 fully saturated rings. The average Bonchev–Trinajstić information content (AvgIpc) is 3.27. The molecule has 1 aromatic carbocycles. The summed E-state index contributed by atoms with van der Waals surface area (Å²) >= 11 is 0. The number of alkyl carbamates (subject to hydrolysis) is 1. The van der Waals surface area contributed by atoms with Gasteiger partial charge < -0.3 is 31.0 Å². The molecule has 1 atom stereocenters. The van der Waals surface area contributed by atoms with E-state index >= 15 is 0 Å². The van der Waals surface area contributed by atoms with Crippen LogP contribution in [0.1, 0.15) is 11.3 Å². The molecular formula is C19H24N6O5. The summed E-state index contributed by atoms with van der Waals surface area (Å²) in [6.45, 7) is -0.627. The molecule has 1 heterocycles.